The van der Waals surface area contributed by atoms with Crippen molar-refractivity contribution in [2.75, 3.05) is 17.3 Å². The monoisotopic (exact) mass is 1060 g/mol. The highest BCUT2D eigenvalue weighted by Crippen LogP contribution is 2.55. The number of imidazole rings is 3. The third-order valence-corrected chi connectivity index (χ3v) is 19.4. The van der Waals surface area contributed by atoms with Gasteiger partial charge in [0.1, 0.15) is 23.5 Å². The Balaban J connectivity index is 0.000000142. The van der Waals surface area contributed by atoms with Crippen molar-refractivity contribution >= 4 is 157 Å². The highest BCUT2D eigenvalue weighted by Gasteiger charge is 2.30. The molecule has 3 fully saturated rings. The molecule has 3 aromatic heterocycles. The van der Waals surface area contributed by atoms with E-state index in [1.807, 2.05) is 36.4 Å². The molecule has 0 spiro atoms. The van der Waals surface area contributed by atoms with Crippen LogP contribution in [0.1, 0.15) is 32.4 Å². The number of aromatic nitrogens is 6. The van der Waals surface area contributed by atoms with Gasteiger partial charge in [0, 0.05) is 87.9 Å². The summed E-state index contributed by atoms with van der Waals surface area (Å²) in [6.07, 6.45) is 15.2. The Morgan fingerprint density at radius 1 is 0.556 bits per heavy atom. The Bertz CT molecular complexity index is 2510. The minimum absolute atomic E-state index is 0.224. The first-order chi connectivity index (χ1) is 30.6. The summed E-state index contributed by atoms with van der Waals surface area (Å²) in [5.41, 5.74) is 4.38. The second-order valence-corrected chi connectivity index (χ2v) is 22.9. The first-order valence-electron chi connectivity index (χ1n) is 18.2. The largest absolute Gasteiger partial charge is 0.362 e. The lowest BCUT2D eigenvalue weighted by Crippen LogP contribution is -1.93. The second kappa shape index (κ2) is 22.8. The van der Waals surface area contributed by atoms with E-state index in [2.05, 4.69) is 31.9 Å². The van der Waals surface area contributed by atoms with Gasteiger partial charge in [-0.15, -0.1) is 70.6 Å². The number of nitriles is 2. The summed E-state index contributed by atoms with van der Waals surface area (Å²) in [6.45, 7) is 7.39. The van der Waals surface area contributed by atoms with E-state index in [1.165, 1.54) is 0 Å². The van der Waals surface area contributed by atoms with E-state index in [0.29, 0.717) is 47.4 Å². The lowest BCUT2D eigenvalue weighted by atomic mass is 10.2. The van der Waals surface area contributed by atoms with Crippen molar-refractivity contribution in [3.63, 3.8) is 0 Å². The van der Waals surface area contributed by atoms with Crippen molar-refractivity contribution in [2.24, 2.45) is 0 Å². The van der Waals surface area contributed by atoms with Gasteiger partial charge >= 0.3 is 0 Å². The molecule has 6 aromatic rings. The van der Waals surface area contributed by atoms with E-state index in [4.69, 9.17) is 76.2 Å². The Labute approximate surface area is 419 Å². The van der Waals surface area contributed by atoms with Crippen molar-refractivity contribution in [3.8, 4) is 12.1 Å². The lowest BCUT2D eigenvalue weighted by Gasteiger charge is -2.10. The summed E-state index contributed by atoms with van der Waals surface area (Å²) in [6, 6.07) is 21.2. The van der Waals surface area contributed by atoms with E-state index in [0.717, 1.165) is 46.7 Å². The number of benzene rings is 3. The quantitative estimate of drug-likeness (QED) is 0.118. The van der Waals surface area contributed by atoms with E-state index >= 15 is 0 Å². The Morgan fingerprint density at radius 3 is 1.22 bits per heavy atom. The third kappa shape index (κ3) is 12.0. The van der Waals surface area contributed by atoms with Crippen molar-refractivity contribution in [1.29, 1.82) is 10.5 Å². The molecule has 21 heteroatoms. The van der Waals surface area contributed by atoms with Gasteiger partial charge in [-0.2, -0.15) is 10.5 Å². The van der Waals surface area contributed by atoms with Crippen LogP contribution in [0.25, 0.3) is 22.1 Å². The smallest absolute Gasteiger partial charge is 0.255 e. The highest BCUT2D eigenvalue weighted by atomic mass is 35.5. The molecular formula is C42H27Cl6N9S6. The van der Waals surface area contributed by atoms with Gasteiger partial charge in [0.15, 0.2) is 6.33 Å². The molecule has 3 aromatic carbocycles. The minimum atomic E-state index is 0.224. The van der Waals surface area contributed by atoms with Gasteiger partial charge in [0.2, 0.25) is 0 Å². The van der Waals surface area contributed by atoms with E-state index < -0.39 is 0 Å². The molecular weight excluding hydrogens is 1040 g/mol. The maximum Gasteiger partial charge on any atom is 0.255 e. The number of thioether (sulfide) groups is 6. The molecule has 3 saturated heterocycles. The normalized spacial score (nSPS) is 20.3. The number of hydrogen-bond acceptors (Lipinski definition) is 11. The maximum atomic E-state index is 9.38. The molecule has 63 heavy (non-hydrogen) atoms. The Kier molecular flexibility index (Phi) is 17.3. The van der Waals surface area contributed by atoms with Crippen molar-refractivity contribution in [3.05, 3.63) is 182 Å². The number of rotatable bonds is 6. The van der Waals surface area contributed by atoms with E-state index in [1.54, 1.807) is 159 Å². The summed E-state index contributed by atoms with van der Waals surface area (Å²) in [5, 5.41) is 23.3. The van der Waals surface area contributed by atoms with Crippen molar-refractivity contribution < 1.29 is 0 Å². The molecule has 0 radical (unpaired) electrons. The van der Waals surface area contributed by atoms with Crippen LogP contribution in [0.15, 0.2) is 123 Å². The molecule has 0 unspecified atom stereocenters. The molecule has 3 aliphatic rings. The molecule has 9 nitrogen and oxygen atoms in total. The predicted molar refractivity (Wildman–Crippen MR) is 272 cm³/mol. The van der Waals surface area contributed by atoms with Crippen LogP contribution in [0, 0.1) is 29.2 Å². The van der Waals surface area contributed by atoms with Crippen LogP contribution in [0.4, 0.5) is 0 Å². The Morgan fingerprint density at radius 2 is 0.905 bits per heavy atom. The van der Waals surface area contributed by atoms with E-state index in [-0.39, 0.29) is 15.7 Å². The second-order valence-electron chi connectivity index (χ2n) is 12.9. The summed E-state index contributed by atoms with van der Waals surface area (Å²) in [5.74, 6) is 3.23. The molecule has 0 aliphatic carbocycles. The van der Waals surface area contributed by atoms with Crippen molar-refractivity contribution in [1.82, 2.24) is 28.7 Å². The zero-order valence-corrected chi connectivity index (χ0v) is 41.4. The van der Waals surface area contributed by atoms with Gasteiger partial charge in [-0.3, -0.25) is 13.7 Å². The Hall–Kier alpha value is -3.18. The molecule has 3 aliphatic heterocycles. The van der Waals surface area contributed by atoms with Crippen LogP contribution in [0.3, 0.4) is 0 Å². The number of allylic oxidation sites excluding steroid dienone is 2. The van der Waals surface area contributed by atoms with Gasteiger partial charge in [-0.1, -0.05) is 94.4 Å². The summed E-state index contributed by atoms with van der Waals surface area (Å²) in [4.78, 5) is 15.6. The molecule has 318 valence electrons. The highest BCUT2D eigenvalue weighted by molar-refractivity contribution is 8.26. The van der Waals surface area contributed by atoms with E-state index in [9.17, 15) is 10.5 Å². The van der Waals surface area contributed by atoms with Gasteiger partial charge in [0.05, 0.1) is 37.8 Å². The summed E-state index contributed by atoms with van der Waals surface area (Å²) >= 11 is 46.6. The molecule has 0 N–H and O–H groups in total. The van der Waals surface area contributed by atoms with Crippen LogP contribution in [-0.2, 0) is 0 Å². The average Bonchev–Trinajstić information content (AvgIpc) is 4.12. The molecule has 3 atom stereocenters. The van der Waals surface area contributed by atoms with Gasteiger partial charge in [-0.25, -0.2) is 15.0 Å². The SMILES string of the molecule is N#C/C(=C1/SC[C@H](c2ccc(Cl)cc2Cl)S1)n1ccnc1.N#C/C(=C1\SC[C@@H](c2ccc(Cl)cc2Cl)S1)n1ccnc1.[C-]#[N+]/C(=C1\SC[C@H](c2ccc(Cl)cc2Cl)S1)n1ccnc1. The predicted octanol–water partition coefficient (Wildman–Crippen LogP) is 15.5. The molecule has 6 heterocycles. The van der Waals surface area contributed by atoms with Crippen LogP contribution < -0.4 is 0 Å². The van der Waals surface area contributed by atoms with Crippen LogP contribution in [0.2, 0.25) is 30.1 Å². The maximum absolute atomic E-state index is 9.38. The van der Waals surface area contributed by atoms with Crippen LogP contribution in [-0.4, -0.2) is 45.9 Å². The fourth-order valence-electron chi connectivity index (χ4n) is 5.95. The average molecular weight is 1060 g/mol. The molecule has 0 bridgehead atoms. The minimum Gasteiger partial charge on any atom is -0.362 e. The molecule has 9 rings (SSSR count). The summed E-state index contributed by atoms with van der Waals surface area (Å²) < 4.78 is 8.20. The standard InChI is InChI=1S/3C14H9Cl2N3S2/c1-17-13(19-5-4-18-8-19)14-20-7-12(21-14)10-3-2-9(15)6-11(10)16;2*15-9-1-2-10(11(16)5-9)13-7-20-14(21-13)12(6-17)19-4-3-18-8-19/h2-6,8,12H,7H2;2*1-5,8,13H,7H2/b14-13-;14-12+;14-12-/t12-;2*13-/m110/s1. The van der Waals surface area contributed by atoms with Crippen LogP contribution >= 0.6 is 140 Å². The molecule has 0 saturated carbocycles. The van der Waals surface area contributed by atoms with Gasteiger partial charge < -0.3 is 4.85 Å². The molecule has 0 amide bonds. The number of nitrogens with zero attached hydrogens (tertiary/aromatic N) is 9. The summed E-state index contributed by atoms with van der Waals surface area (Å²) in [7, 11) is 0. The zero-order chi connectivity index (χ0) is 44.5. The first-order valence-corrected chi connectivity index (χ1v) is 26.0. The van der Waals surface area contributed by atoms with Gasteiger partial charge in [0.25, 0.3) is 5.82 Å². The van der Waals surface area contributed by atoms with Crippen molar-refractivity contribution in [2.45, 2.75) is 15.7 Å². The third-order valence-electron chi connectivity index (χ3n) is 8.93. The first kappa shape index (κ1) is 47.8. The number of halogens is 6. The topological polar surface area (TPSA) is 105 Å². The fraction of sp³-hybridized carbons (Fsp3) is 0.143. The van der Waals surface area contributed by atoms with Gasteiger partial charge in [-0.05, 0) is 53.1 Å². The lowest BCUT2D eigenvalue weighted by molar-refractivity contribution is 1.10. The van der Waals surface area contributed by atoms with Crippen LogP contribution in [0.5, 0.6) is 0 Å². The zero-order valence-electron chi connectivity index (χ0n) is 32.0. The fourth-order valence-corrected chi connectivity index (χ4v) is 16.5. The number of hydrogen-bond donors (Lipinski definition) is 0.